The molecule has 0 saturated carbocycles. The van der Waals surface area contributed by atoms with Crippen molar-refractivity contribution in [3.63, 3.8) is 0 Å². The van der Waals surface area contributed by atoms with Gasteiger partial charge in [-0.05, 0) is 37.1 Å². The Morgan fingerprint density at radius 2 is 1.58 bits per heavy atom. The van der Waals surface area contributed by atoms with Gasteiger partial charge in [0.25, 0.3) is 0 Å². The zero-order chi connectivity index (χ0) is 13.2. The van der Waals surface area contributed by atoms with E-state index in [9.17, 15) is 0 Å². The lowest BCUT2D eigenvalue weighted by Crippen LogP contribution is -2.18. The minimum atomic E-state index is 1.04. The van der Waals surface area contributed by atoms with Crippen LogP contribution in [0.1, 0.15) is 11.1 Å². The standard InChI is InChI=1S/C17H19N2/c1-14-7-3-5-9-16(14)18-11-12-19(13-18)17-10-6-4-8-15(17)2/h3-10,13H,11-12H2,1-2H3/q+1. The lowest BCUT2D eigenvalue weighted by atomic mass is 10.2. The Morgan fingerprint density at radius 3 is 2.32 bits per heavy atom. The minimum absolute atomic E-state index is 1.04. The van der Waals surface area contributed by atoms with Gasteiger partial charge >= 0.3 is 0 Å². The predicted molar refractivity (Wildman–Crippen MR) is 80.6 cm³/mol. The van der Waals surface area contributed by atoms with Gasteiger partial charge in [-0.2, -0.15) is 0 Å². The first-order valence-electron chi connectivity index (χ1n) is 6.75. The van der Waals surface area contributed by atoms with Crippen LogP contribution in [0.4, 0.5) is 11.4 Å². The first-order valence-corrected chi connectivity index (χ1v) is 6.75. The molecule has 2 aromatic carbocycles. The maximum atomic E-state index is 2.34. The number of hydrogen-bond acceptors (Lipinski definition) is 1. The largest absolute Gasteiger partial charge is 0.244 e. The van der Waals surface area contributed by atoms with Crippen LogP contribution in [-0.4, -0.2) is 24.0 Å². The van der Waals surface area contributed by atoms with Gasteiger partial charge in [-0.1, -0.05) is 36.4 Å². The summed E-state index contributed by atoms with van der Waals surface area (Å²) in [6.07, 6.45) is 2.23. The van der Waals surface area contributed by atoms with Crippen molar-refractivity contribution in [2.75, 3.05) is 18.0 Å². The Morgan fingerprint density at radius 1 is 0.895 bits per heavy atom. The Bertz CT molecular complexity index is 629. The van der Waals surface area contributed by atoms with Crippen LogP contribution in [0.2, 0.25) is 0 Å². The molecule has 1 heterocycles. The van der Waals surface area contributed by atoms with E-state index in [4.69, 9.17) is 0 Å². The molecule has 0 saturated heterocycles. The molecule has 0 N–H and O–H groups in total. The second-order valence-electron chi connectivity index (χ2n) is 5.08. The molecule has 0 amide bonds. The molecule has 1 aliphatic rings. The minimum Gasteiger partial charge on any atom is -0.229 e. The lowest BCUT2D eigenvalue weighted by molar-refractivity contribution is -0.424. The quantitative estimate of drug-likeness (QED) is 0.740. The van der Waals surface area contributed by atoms with E-state index in [0.29, 0.717) is 0 Å². The third-order valence-corrected chi connectivity index (χ3v) is 3.71. The molecule has 1 aliphatic heterocycles. The molecule has 96 valence electrons. The molecular weight excluding hydrogens is 232 g/mol. The number of para-hydroxylation sites is 2. The van der Waals surface area contributed by atoms with Crippen molar-refractivity contribution in [2.24, 2.45) is 0 Å². The molecule has 2 heteroatoms. The summed E-state index contributed by atoms with van der Waals surface area (Å²) in [4.78, 5) is 2.34. The summed E-state index contributed by atoms with van der Waals surface area (Å²) < 4.78 is 2.34. The summed E-state index contributed by atoms with van der Waals surface area (Å²) >= 11 is 0. The fourth-order valence-corrected chi connectivity index (χ4v) is 2.64. The molecule has 2 aromatic rings. The maximum Gasteiger partial charge on any atom is 0.244 e. The van der Waals surface area contributed by atoms with Gasteiger partial charge in [-0.3, -0.25) is 0 Å². The molecule has 0 bridgehead atoms. The van der Waals surface area contributed by atoms with Crippen LogP contribution in [0.5, 0.6) is 0 Å². The van der Waals surface area contributed by atoms with E-state index in [1.807, 2.05) is 0 Å². The summed E-state index contributed by atoms with van der Waals surface area (Å²) in [7, 11) is 0. The van der Waals surface area contributed by atoms with Gasteiger partial charge in [0.1, 0.15) is 24.5 Å². The van der Waals surface area contributed by atoms with Gasteiger partial charge in [0.05, 0.1) is 0 Å². The Balaban J connectivity index is 1.94. The SMILES string of the molecule is Cc1ccccc1N1C=[N+](c2ccccc2C)CC1. The average Bonchev–Trinajstić information content (AvgIpc) is 2.89. The van der Waals surface area contributed by atoms with Crippen molar-refractivity contribution < 1.29 is 4.58 Å². The number of rotatable bonds is 2. The van der Waals surface area contributed by atoms with Gasteiger partial charge in [-0.25, -0.2) is 9.48 Å². The summed E-state index contributed by atoms with van der Waals surface area (Å²) in [5.41, 5.74) is 5.26. The van der Waals surface area contributed by atoms with Crippen LogP contribution >= 0.6 is 0 Å². The van der Waals surface area contributed by atoms with Crippen molar-refractivity contribution in [2.45, 2.75) is 13.8 Å². The Hall–Kier alpha value is -2.09. The van der Waals surface area contributed by atoms with Crippen LogP contribution < -0.4 is 4.90 Å². The molecule has 2 nitrogen and oxygen atoms in total. The van der Waals surface area contributed by atoms with Crippen LogP contribution in [0.25, 0.3) is 0 Å². The van der Waals surface area contributed by atoms with Crippen molar-refractivity contribution in [1.82, 2.24) is 0 Å². The lowest BCUT2D eigenvalue weighted by Gasteiger charge is -2.08. The van der Waals surface area contributed by atoms with Gasteiger partial charge < -0.3 is 0 Å². The highest BCUT2D eigenvalue weighted by atomic mass is 15.3. The van der Waals surface area contributed by atoms with E-state index >= 15 is 0 Å². The first kappa shape index (κ1) is 12.0. The molecule has 0 radical (unpaired) electrons. The second kappa shape index (κ2) is 4.88. The highest BCUT2D eigenvalue weighted by Crippen LogP contribution is 2.23. The normalized spacial score (nSPS) is 14.6. The second-order valence-corrected chi connectivity index (χ2v) is 5.08. The highest BCUT2D eigenvalue weighted by Gasteiger charge is 2.23. The predicted octanol–water partition coefficient (Wildman–Crippen LogP) is 3.50. The van der Waals surface area contributed by atoms with Crippen molar-refractivity contribution in [1.29, 1.82) is 0 Å². The fourth-order valence-electron chi connectivity index (χ4n) is 2.64. The van der Waals surface area contributed by atoms with E-state index in [1.54, 1.807) is 0 Å². The van der Waals surface area contributed by atoms with Gasteiger partial charge in [0.15, 0.2) is 0 Å². The number of nitrogens with zero attached hydrogens (tertiary/aromatic N) is 2. The number of aryl methyl sites for hydroxylation is 2. The molecule has 0 aliphatic carbocycles. The van der Waals surface area contributed by atoms with E-state index in [-0.39, 0.29) is 0 Å². The van der Waals surface area contributed by atoms with Crippen molar-refractivity contribution in [3.8, 4) is 0 Å². The van der Waals surface area contributed by atoms with Crippen LogP contribution in [0.15, 0.2) is 48.5 Å². The van der Waals surface area contributed by atoms with Crippen molar-refractivity contribution >= 4 is 17.7 Å². The van der Waals surface area contributed by atoms with Crippen LogP contribution in [0, 0.1) is 13.8 Å². The number of hydrogen-bond donors (Lipinski definition) is 0. The van der Waals surface area contributed by atoms with Gasteiger partial charge in [0.2, 0.25) is 6.34 Å². The molecule has 0 unspecified atom stereocenters. The maximum absolute atomic E-state index is 2.34. The number of benzene rings is 2. The zero-order valence-corrected chi connectivity index (χ0v) is 11.5. The van der Waals surface area contributed by atoms with E-state index in [0.717, 1.165) is 13.1 Å². The molecule has 3 rings (SSSR count). The van der Waals surface area contributed by atoms with Crippen molar-refractivity contribution in [3.05, 3.63) is 59.7 Å². The summed E-state index contributed by atoms with van der Waals surface area (Å²) in [5.74, 6) is 0. The first-order chi connectivity index (χ1) is 9.25. The molecule has 0 fully saturated rings. The fraction of sp³-hybridized carbons (Fsp3) is 0.235. The van der Waals surface area contributed by atoms with Gasteiger partial charge in [0, 0.05) is 0 Å². The highest BCUT2D eigenvalue weighted by molar-refractivity contribution is 5.79. The van der Waals surface area contributed by atoms with E-state index < -0.39 is 0 Å². The Kier molecular flexibility index (Phi) is 3.08. The molecule has 19 heavy (non-hydrogen) atoms. The van der Waals surface area contributed by atoms with Crippen LogP contribution in [0.3, 0.4) is 0 Å². The van der Waals surface area contributed by atoms with E-state index in [2.05, 4.69) is 78.2 Å². The molecule has 0 spiro atoms. The third kappa shape index (κ3) is 2.26. The smallest absolute Gasteiger partial charge is 0.229 e. The third-order valence-electron chi connectivity index (χ3n) is 3.71. The summed E-state index contributed by atoms with van der Waals surface area (Å²) in [6, 6.07) is 17.1. The topological polar surface area (TPSA) is 6.25 Å². The Labute approximate surface area is 114 Å². The monoisotopic (exact) mass is 251 g/mol. The molecule has 0 aromatic heterocycles. The number of anilines is 1. The average molecular weight is 251 g/mol. The van der Waals surface area contributed by atoms with Crippen LogP contribution in [-0.2, 0) is 0 Å². The molecular formula is C17H19N2+. The zero-order valence-electron chi connectivity index (χ0n) is 11.5. The van der Waals surface area contributed by atoms with E-state index in [1.165, 1.54) is 22.5 Å². The van der Waals surface area contributed by atoms with Gasteiger partial charge in [-0.15, -0.1) is 0 Å². The summed E-state index contributed by atoms with van der Waals surface area (Å²) in [6.45, 7) is 6.41. The summed E-state index contributed by atoms with van der Waals surface area (Å²) in [5, 5.41) is 0. The molecule has 0 atom stereocenters.